The zero-order chi connectivity index (χ0) is 14.5. The van der Waals surface area contributed by atoms with Crippen molar-refractivity contribution in [3.63, 3.8) is 0 Å². The van der Waals surface area contributed by atoms with Crippen molar-refractivity contribution in [2.45, 2.75) is 77.3 Å². The number of rotatable bonds is 4. The highest BCUT2D eigenvalue weighted by atomic mass is 16.2. The van der Waals surface area contributed by atoms with Crippen molar-refractivity contribution in [3.05, 3.63) is 0 Å². The van der Waals surface area contributed by atoms with Gasteiger partial charge < -0.3 is 10.2 Å². The summed E-state index contributed by atoms with van der Waals surface area (Å²) in [6.45, 7) is 4.84. The predicted molar refractivity (Wildman–Crippen MR) is 79.2 cm³/mol. The highest BCUT2D eigenvalue weighted by Gasteiger charge is 2.34. The molecule has 4 nitrogen and oxygen atoms in total. The molecule has 2 rings (SSSR count). The number of amides is 2. The van der Waals surface area contributed by atoms with E-state index in [1.54, 1.807) is 4.90 Å². The summed E-state index contributed by atoms with van der Waals surface area (Å²) in [4.78, 5) is 26.4. The zero-order valence-electron chi connectivity index (χ0n) is 12.9. The highest BCUT2D eigenvalue weighted by Crippen LogP contribution is 2.22. The van der Waals surface area contributed by atoms with Crippen LogP contribution in [0.5, 0.6) is 0 Å². The van der Waals surface area contributed by atoms with Crippen LogP contribution in [0.3, 0.4) is 0 Å². The van der Waals surface area contributed by atoms with Crippen molar-refractivity contribution in [1.82, 2.24) is 10.2 Å². The standard InChI is InChI=1S/C16H28N2O2/c1-12(2)11-15(19)18-10-6-9-14(18)16(20)17-13-7-4-3-5-8-13/h12-14H,3-11H2,1-2H3,(H,17,20)/t14-/m0/s1. The van der Waals surface area contributed by atoms with Gasteiger partial charge >= 0.3 is 0 Å². The molecule has 0 radical (unpaired) electrons. The molecule has 1 N–H and O–H groups in total. The van der Waals surface area contributed by atoms with Crippen LogP contribution in [-0.2, 0) is 9.59 Å². The van der Waals surface area contributed by atoms with Crippen LogP contribution in [0.4, 0.5) is 0 Å². The summed E-state index contributed by atoms with van der Waals surface area (Å²) in [5, 5.41) is 3.17. The lowest BCUT2D eigenvalue weighted by Gasteiger charge is -2.28. The Labute approximate surface area is 122 Å². The Hall–Kier alpha value is -1.06. The minimum absolute atomic E-state index is 0.0755. The van der Waals surface area contributed by atoms with Crippen LogP contribution in [0.1, 0.15) is 65.2 Å². The van der Waals surface area contributed by atoms with E-state index in [4.69, 9.17) is 0 Å². The number of nitrogens with zero attached hydrogens (tertiary/aromatic N) is 1. The number of carbonyl (C=O) groups excluding carboxylic acids is 2. The van der Waals surface area contributed by atoms with Gasteiger partial charge in [-0.25, -0.2) is 0 Å². The van der Waals surface area contributed by atoms with Gasteiger partial charge in [-0.2, -0.15) is 0 Å². The molecule has 1 aliphatic heterocycles. The van der Waals surface area contributed by atoms with E-state index in [1.807, 2.05) is 13.8 Å². The number of carbonyl (C=O) groups is 2. The van der Waals surface area contributed by atoms with Crippen LogP contribution < -0.4 is 5.32 Å². The van der Waals surface area contributed by atoms with E-state index in [9.17, 15) is 9.59 Å². The summed E-state index contributed by atoms with van der Waals surface area (Å²) in [6.07, 6.45) is 8.23. The van der Waals surface area contributed by atoms with E-state index in [0.717, 1.165) is 32.2 Å². The molecular weight excluding hydrogens is 252 g/mol. The summed E-state index contributed by atoms with van der Waals surface area (Å²) < 4.78 is 0. The molecule has 1 atom stereocenters. The van der Waals surface area contributed by atoms with Gasteiger partial charge in [-0.15, -0.1) is 0 Å². The molecule has 4 heteroatoms. The predicted octanol–water partition coefficient (Wildman–Crippen LogP) is 2.47. The average Bonchev–Trinajstić information content (AvgIpc) is 2.88. The van der Waals surface area contributed by atoms with Gasteiger partial charge in [0.15, 0.2) is 0 Å². The monoisotopic (exact) mass is 280 g/mol. The first-order valence-electron chi connectivity index (χ1n) is 8.17. The normalized spacial score (nSPS) is 24.1. The molecule has 0 aromatic rings. The largest absolute Gasteiger partial charge is 0.352 e. The number of nitrogens with one attached hydrogen (secondary N) is 1. The Bertz CT molecular complexity index is 348. The number of hydrogen-bond donors (Lipinski definition) is 1. The van der Waals surface area contributed by atoms with Crippen LogP contribution in [0.25, 0.3) is 0 Å². The van der Waals surface area contributed by atoms with E-state index < -0.39 is 0 Å². The van der Waals surface area contributed by atoms with Crippen molar-refractivity contribution in [1.29, 1.82) is 0 Å². The first-order chi connectivity index (χ1) is 9.58. The Balaban J connectivity index is 1.88. The lowest BCUT2D eigenvalue weighted by molar-refractivity contribution is -0.139. The molecule has 1 aliphatic carbocycles. The fourth-order valence-corrected chi connectivity index (χ4v) is 3.35. The van der Waals surface area contributed by atoms with E-state index in [1.165, 1.54) is 19.3 Å². The molecule has 2 fully saturated rings. The van der Waals surface area contributed by atoms with Gasteiger partial charge in [0.25, 0.3) is 0 Å². The maximum atomic E-state index is 12.4. The third-order valence-electron chi connectivity index (χ3n) is 4.41. The van der Waals surface area contributed by atoms with Gasteiger partial charge in [-0.05, 0) is 31.6 Å². The second-order valence-electron chi connectivity index (χ2n) is 6.69. The first-order valence-corrected chi connectivity index (χ1v) is 8.17. The van der Waals surface area contributed by atoms with Crippen molar-refractivity contribution in [2.24, 2.45) is 5.92 Å². The fourth-order valence-electron chi connectivity index (χ4n) is 3.35. The lowest BCUT2D eigenvalue weighted by Crippen LogP contribution is -2.49. The van der Waals surface area contributed by atoms with Crippen molar-refractivity contribution >= 4 is 11.8 Å². The summed E-state index contributed by atoms with van der Waals surface area (Å²) in [5.41, 5.74) is 0. The maximum absolute atomic E-state index is 12.4. The summed E-state index contributed by atoms with van der Waals surface area (Å²) in [7, 11) is 0. The molecule has 114 valence electrons. The zero-order valence-corrected chi connectivity index (χ0v) is 12.9. The Morgan fingerprint density at radius 2 is 1.80 bits per heavy atom. The molecule has 1 saturated carbocycles. The molecule has 0 bridgehead atoms. The summed E-state index contributed by atoms with van der Waals surface area (Å²) in [6, 6.07) is 0.113. The minimum Gasteiger partial charge on any atom is -0.352 e. The molecule has 1 saturated heterocycles. The molecule has 1 heterocycles. The van der Waals surface area contributed by atoms with E-state index in [2.05, 4.69) is 5.32 Å². The third kappa shape index (κ3) is 3.97. The molecule has 0 unspecified atom stereocenters. The van der Waals surface area contributed by atoms with Crippen LogP contribution in [0, 0.1) is 5.92 Å². The smallest absolute Gasteiger partial charge is 0.243 e. The van der Waals surface area contributed by atoms with Crippen LogP contribution >= 0.6 is 0 Å². The minimum atomic E-state index is -0.219. The van der Waals surface area contributed by atoms with Crippen molar-refractivity contribution in [2.75, 3.05) is 6.54 Å². The number of hydrogen-bond acceptors (Lipinski definition) is 2. The van der Waals surface area contributed by atoms with Gasteiger partial charge in [0.1, 0.15) is 6.04 Å². The summed E-state index contributed by atoms with van der Waals surface area (Å²) >= 11 is 0. The van der Waals surface area contributed by atoms with E-state index >= 15 is 0 Å². The van der Waals surface area contributed by atoms with Crippen molar-refractivity contribution in [3.8, 4) is 0 Å². The number of likely N-dealkylation sites (tertiary alicyclic amines) is 1. The Morgan fingerprint density at radius 1 is 1.10 bits per heavy atom. The molecule has 0 aromatic carbocycles. The quantitative estimate of drug-likeness (QED) is 0.860. The van der Waals surface area contributed by atoms with E-state index in [-0.39, 0.29) is 17.9 Å². The third-order valence-corrected chi connectivity index (χ3v) is 4.41. The Morgan fingerprint density at radius 3 is 2.45 bits per heavy atom. The van der Waals surface area contributed by atoms with Crippen molar-refractivity contribution < 1.29 is 9.59 Å². The first kappa shape index (κ1) is 15.3. The van der Waals surface area contributed by atoms with Crippen LogP contribution in [0.2, 0.25) is 0 Å². The van der Waals surface area contributed by atoms with Gasteiger partial charge in [0.2, 0.25) is 11.8 Å². The molecular formula is C16H28N2O2. The SMILES string of the molecule is CC(C)CC(=O)N1CCC[C@H]1C(=O)NC1CCCCC1. The molecule has 0 spiro atoms. The second kappa shape index (κ2) is 7.09. The van der Waals surface area contributed by atoms with Gasteiger partial charge in [-0.3, -0.25) is 9.59 Å². The lowest BCUT2D eigenvalue weighted by atomic mass is 9.95. The van der Waals surface area contributed by atoms with Gasteiger partial charge in [-0.1, -0.05) is 33.1 Å². The molecule has 0 aromatic heterocycles. The summed E-state index contributed by atoms with van der Waals surface area (Å²) in [5.74, 6) is 0.568. The topological polar surface area (TPSA) is 49.4 Å². The molecule has 20 heavy (non-hydrogen) atoms. The Kier molecular flexibility index (Phi) is 5.44. The van der Waals surface area contributed by atoms with Crippen LogP contribution in [0.15, 0.2) is 0 Å². The highest BCUT2D eigenvalue weighted by molar-refractivity contribution is 5.88. The maximum Gasteiger partial charge on any atom is 0.243 e. The van der Waals surface area contributed by atoms with Gasteiger partial charge in [0, 0.05) is 19.0 Å². The average molecular weight is 280 g/mol. The van der Waals surface area contributed by atoms with E-state index in [0.29, 0.717) is 18.4 Å². The molecule has 2 aliphatic rings. The van der Waals surface area contributed by atoms with Gasteiger partial charge in [0.05, 0.1) is 0 Å². The molecule has 2 amide bonds. The van der Waals surface area contributed by atoms with Crippen LogP contribution in [-0.4, -0.2) is 35.3 Å². The fraction of sp³-hybridized carbons (Fsp3) is 0.875. The second-order valence-corrected chi connectivity index (χ2v) is 6.69.